The second kappa shape index (κ2) is 6.81. The fourth-order valence-corrected chi connectivity index (χ4v) is 3.04. The molecule has 0 unspecified atom stereocenters. The van der Waals surface area contributed by atoms with E-state index in [1.165, 1.54) is 11.3 Å². The summed E-state index contributed by atoms with van der Waals surface area (Å²) in [6.45, 7) is 8.22. The molecule has 5 nitrogen and oxygen atoms in total. The number of rotatable bonds is 5. The van der Waals surface area contributed by atoms with Crippen LogP contribution in [-0.4, -0.2) is 29.5 Å². The van der Waals surface area contributed by atoms with Crippen molar-refractivity contribution in [3.05, 3.63) is 28.4 Å². The van der Waals surface area contributed by atoms with Gasteiger partial charge < -0.3 is 14.8 Å². The van der Waals surface area contributed by atoms with Gasteiger partial charge in [0.05, 0.1) is 23.4 Å². The number of nitrogens with zero attached hydrogens (tertiary/aromatic N) is 1. The molecule has 2 N–H and O–H groups in total. The van der Waals surface area contributed by atoms with Gasteiger partial charge in [-0.1, -0.05) is 11.6 Å². The topological polar surface area (TPSA) is 59.2 Å². The average molecular weight is 336 g/mol. The van der Waals surface area contributed by atoms with Crippen molar-refractivity contribution in [1.29, 1.82) is 0 Å². The van der Waals surface area contributed by atoms with Gasteiger partial charge in [-0.15, -0.1) is 0 Å². The summed E-state index contributed by atoms with van der Waals surface area (Å²) in [5.41, 5.74) is 4.25. The second-order valence-electron chi connectivity index (χ2n) is 5.84. The molecule has 0 amide bonds. The molecule has 23 heavy (non-hydrogen) atoms. The smallest absolute Gasteiger partial charge is 0.180 e. The Morgan fingerprint density at radius 1 is 1.35 bits per heavy atom. The summed E-state index contributed by atoms with van der Waals surface area (Å²) in [5, 5.41) is 11.5. The van der Waals surface area contributed by atoms with Gasteiger partial charge in [-0.2, -0.15) is 5.10 Å². The van der Waals surface area contributed by atoms with Crippen LogP contribution in [0.3, 0.4) is 0 Å². The molecule has 6 heteroatoms. The lowest BCUT2D eigenvalue weighted by Crippen LogP contribution is -2.23. The van der Waals surface area contributed by atoms with Gasteiger partial charge >= 0.3 is 0 Å². The molecular weight excluding hydrogens is 314 g/mol. The van der Waals surface area contributed by atoms with Gasteiger partial charge in [-0.25, -0.2) is 0 Å². The molecule has 1 aromatic heterocycles. The maximum Gasteiger partial charge on any atom is 0.180 e. The summed E-state index contributed by atoms with van der Waals surface area (Å²) in [7, 11) is 0. The zero-order valence-electron chi connectivity index (χ0n) is 13.7. The largest absolute Gasteiger partial charge is 0.490 e. The molecule has 3 rings (SSSR count). The van der Waals surface area contributed by atoms with Crippen LogP contribution in [0.4, 0.5) is 0 Å². The lowest BCUT2D eigenvalue weighted by Gasteiger charge is -2.18. The Labute approximate surface area is 141 Å². The summed E-state index contributed by atoms with van der Waals surface area (Å²) in [6.07, 6.45) is 0.989. The maximum atomic E-state index is 6.46. The Kier molecular flexibility index (Phi) is 4.78. The minimum absolute atomic E-state index is 0.0277. The van der Waals surface area contributed by atoms with E-state index in [0.717, 1.165) is 30.8 Å². The first kappa shape index (κ1) is 16.1. The minimum atomic E-state index is 0.0277. The van der Waals surface area contributed by atoms with Crippen LogP contribution in [0.1, 0.15) is 32.0 Å². The van der Waals surface area contributed by atoms with E-state index in [1.807, 2.05) is 32.9 Å². The molecule has 0 aliphatic carbocycles. The summed E-state index contributed by atoms with van der Waals surface area (Å²) in [4.78, 5) is 0. The van der Waals surface area contributed by atoms with Gasteiger partial charge in [-0.3, -0.25) is 5.10 Å². The van der Waals surface area contributed by atoms with Crippen LogP contribution in [0.5, 0.6) is 11.5 Å². The molecule has 0 atom stereocenters. The van der Waals surface area contributed by atoms with Gasteiger partial charge in [0.25, 0.3) is 0 Å². The third kappa shape index (κ3) is 3.31. The molecule has 0 spiro atoms. The molecule has 0 bridgehead atoms. The summed E-state index contributed by atoms with van der Waals surface area (Å²) >= 11 is 6.46. The molecular formula is C17H22ClN3O2. The lowest BCUT2D eigenvalue weighted by atomic mass is 10.0. The first-order valence-corrected chi connectivity index (χ1v) is 8.38. The Bertz CT molecular complexity index is 697. The van der Waals surface area contributed by atoms with Crippen LogP contribution in [0.15, 0.2) is 12.1 Å². The van der Waals surface area contributed by atoms with Crippen molar-refractivity contribution in [3.8, 4) is 22.8 Å². The summed E-state index contributed by atoms with van der Waals surface area (Å²) in [5.74, 6) is 1.25. The molecule has 0 saturated carbocycles. The van der Waals surface area contributed by atoms with Crippen LogP contribution in [0.2, 0.25) is 5.02 Å². The highest BCUT2D eigenvalue weighted by Crippen LogP contribution is 2.41. The number of aromatic nitrogens is 2. The van der Waals surface area contributed by atoms with Crippen molar-refractivity contribution >= 4 is 11.6 Å². The third-order valence-electron chi connectivity index (χ3n) is 3.74. The van der Waals surface area contributed by atoms with Crippen LogP contribution in [0, 0.1) is 0 Å². The second-order valence-corrected chi connectivity index (χ2v) is 6.25. The van der Waals surface area contributed by atoms with Crippen molar-refractivity contribution in [3.63, 3.8) is 0 Å². The first-order valence-electron chi connectivity index (χ1n) is 8.00. The molecule has 124 valence electrons. The Hall–Kier alpha value is -1.72. The highest BCUT2D eigenvalue weighted by molar-refractivity contribution is 6.32. The van der Waals surface area contributed by atoms with E-state index in [1.54, 1.807) is 0 Å². The number of hydrogen-bond acceptors (Lipinski definition) is 4. The summed E-state index contributed by atoms with van der Waals surface area (Å²) < 4.78 is 11.6. The molecule has 0 saturated heterocycles. The van der Waals surface area contributed by atoms with Crippen LogP contribution < -0.4 is 14.8 Å². The minimum Gasteiger partial charge on any atom is -0.490 e. The molecule has 2 heterocycles. The number of fused-ring (bicyclic) bond motifs is 1. The van der Waals surface area contributed by atoms with E-state index in [2.05, 4.69) is 15.5 Å². The molecule has 1 aliphatic heterocycles. The number of H-pyrrole nitrogens is 1. The predicted octanol–water partition coefficient (Wildman–Crippen LogP) is 3.56. The van der Waals surface area contributed by atoms with Crippen LogP contribution in [0.25, 0.3) is 11.3 Å². The molecule has 1 aliphatic rings. The zero-order valence-corrected chi connectivity index (χ0v) is 14.5. The monoisotopic (exact) mass is 335 g/mol. The Balaban J connectivity index is 2.05. The molecule has 0 fully saturated rings. The SMILES string of the molecule is CCOc1cc(-c2n[nH]c3c2CNCC3)cc(Cl)c1OC(C)C. The van der Waals surface area contributed by atoms with E-state index in [-0.39, 0.29) is 6.10 Å². The van der Waals surface area contributed by atoms with Crippen molar-refractivity contribution in [2.45, 2.75) is 39.8 Å². The van der Waals surface area contributed by atoms with Crippen molar-refractivity contribution in [2.24, 2.45) is 0 Å². The van der Waals surface area contributed by atoms with Gasteiger partial charge in [0, 0.05) is 36.3 Å². The summed E-state index contributed by atoms with van der Waals surface area (Å²) in [6, 6.07) is 3.85. The van der Waals surface area contributed by atoms with Crippen molar-refractivity contribution in [2.75, 3.05) is 13.2 Å². The normalized spacial score (nSPS) is 14.0. The Morgan fingerprint density at radius 3 is 2.91 bits per heavy atom. The van der Waals surface area contributed by atoms with Gasteiger partial charge in [0.2, 0.25) is 0 Å². The Morgan fingerprint density at radius 2 is 2.17 bits per heavy atom. The molecule has 1 aromatic carbocycles. The van der Waals surface area contributed by atoms with Crippen molar-refractivity contribution in [1.82, 2.24) is 15.5 Å². The number of ether oxygens (including phenoxy) is 2. The molecule has 2 aromatic rings. The standard InChI is InChI=1S/C17H22ClN3O2/c1-4-22-15-8-11(7-13(18)17(15)23-10(2)3)16-12-9-19-6-5-14(12)20-21-16/h7-8,10,19H,4-6,9H2,1-3H3,(H,20,21). The number of benzene rings is 1. The maximum absolute atomic E-state index is 6.46. The lowest BCUT2D eigenvalue weighted by molar-refractivity contribution is 0.224. The van der Waals surface area contributed by atoms with Crippen molar-refractivity contribution < 1.29 is 9.47 Å². The number of hydrogen-bond donors (Lipinski definition) is 2. The predicted molar refractivity (Wildman–Crippen MR) is 91.4 cm³/mol. The fraction of sp³-hybridized carbons (Fsp3) is 0.471. The fourth-order valence-electron chi connectivity index (χ4n) is 2.78. The number of aromatic amines is 1. The van der Waals surface area contributed by atoms with Gasteiger partial charge in [-0.05, 0) is 32.9 Å². The quantitative estimate of drug-likeness (QED) is 0.877. The van der Waals surface area contributed by atoms with Gasteiger partial charge in [0.15, 0.2) is 11.5 Å². The van der Waals surface area contributed by atoms with Crippen LogP contribution in [-0.2, 0) is 13.0 Å². The van der Waals surface area contributed by atoms with E-state index >= 15 is 0 Å². The van der Waals surface area contributed by atoms with E-state index in [9.17, 15) is 0 Å². The number of nitrogens with one attached hydrogen (secondary N) is 2. The highest BCUT2D eigenvalue weighted by atomic mass is 35.5. The first-order chi connectivity index (χ1) is 11.1. The van der Waals surface area contributed by atoms with Crippen LogP contribution >= 0.6 is 11.6 Å². The molecule has 0 radical (unpaired) electrons. The van der Waals surface area contributed by atoms with Gasteiger partial charge in [0.1, 0.15) is 0 Å². The zero-order chi connectivity index (χ0) is 16.4. The third-order valence-corrected chi connectivity index (χ3v) is 4.02. The van der Waals surface area contributed by atoms with E-state index in [0.29, 0.717) is 23.1 Å². The van der Waals surface area contributed by atoms with E-state index < -0.39 is 0 Å². The van der Waals surface area contributed by atoms with E-state index in [4.69, 9.17) is 21.1 Å². The average Bonchev–Trinajstić information content (AvgIpc) is 2.94. The highest BCUT2D eigenvalue weighted by Gasteiger charge is 2.21. The number of halogens is 1.